The molecule has 162 valence electrons. The fourth-order valence-corrected chi connectivity index (χ4v) is 3.02. The van der Waals surface area contributed by atoms with E-state index in [0.717, 1.165) is 6.54 Å². The molecule has 1 aliphatic heterocycles. The van der Waals surface area contributed by atoms with E-state index in [-0.39, 0.29) is 17.5 Å². The fourth-order valence-electron chi connectivity index (χ4n) is 3.02. The van der Waals surface area contributed by atoms with Gasteiger partial charge in [-0.1, -0.05) is 18.2 Å². The number of nitrogens with one attached hydrogen (secondary N) is 4. The number of hydrogen-bond donors (Lipinski definition) is 4. The highest BCUT2D eigenvalue weighted by atomic mass is 16.5. The van der Waals surface area contributed by atoms with Crippen LogP contribution in [0.3, 0.4) is 0 Å². The molecule has 2 aromatic heterocycles. The molecule has 1 aliphatic rings. The Morgan fingerprint density at radius 2 is 2.06 bits per heavy atom. The van der Waals surface area contributed by atoms with Gasteiger partial charge < -0.3 is 26.0 Å². The van der Waals surface area contributed by atoms with Crippen molar-refractivity contribution in [2.24, 2.45) is 0 Å². The third-order valence-corrected chi connectivity index (χ3v) is 4.59. The SMILES string of the molecule is N#Cc1cnc(Nc2cc(NCC3CNCCO3)c(C(=O)Nc3ccccc3)nn2)cn1. The zero-order valence-electron chi connectivity index (χ0n) is 17.1. The lowest BCUT2D eigenvalue weighted by molar-refractivity contribution is 0.0372. The number of rotatable bonds is 7. The number of benzene rings is 1. The minimum absolute atomic E-state index is 0.0391. The molecule has 3 heterocycles. The molecule has 1 aromatic carbocycles. The van der Waals surface area contributed by atoms with E-state index in [9.17, 15) is 4.79 Å². The van der Waals surface area contributed by atoms with Crippen LogP contribution in [0.4, 0.5) is 23.0 Å². The van der Waals surface area contributed by atoms with Crippen molar-refractivity contribution in [1.29, 1.82) is 5.26 Å². The minimum atomic E-state index is -0.390. The maximum atomic E-state index is 12.9. The molecule has 11 heteroatoms. The van der Waals surface area contributed by atoms with Gasteiger partial charge in [-0.25, -0.2) is 9.97 Å². The average molecular weight is 431 g/mol. The van der Waals surface area contributed by atoms with Crippen molar-refractivity contribution in [2.45, 2.75) is 6.10 Å². The number of para-hydroxylation sites is 1. The smallest absolute Gasteiger partial charge is 0.278 e. The van der Waals surface area contributed by atoms with E-state index in [0.29, 0.717) is 42.7 Å². The molecule has 1 saturated heterocycles. The molecule has 1 fully saturated rings. The fraction of sp³-hybridized carbons (Fsp3) is 0.238. The predicted octanol–water partition coefficient (Wildman–Crippen LogP) is 1.53. The van der Waals surface area contributed by atoms with Gasteiger partial charge in [-0.05, 0) is 12.1 Å². The molecule has 0 bridgehead atoms. The Morgan fingerprint density at radius 3 is 2.78 bits per heavy atom. The summed E-state index contributed by atoms with van der Waals surface area (Å²) in [7, 11) is 0. The third-order valence-electron chi connectivity index (χ3n) is 4.59. The first-order chi connectivity index (χ1) is 15.7. The van der Waals surface area contributed by atoms with Crippen LogP contribution in [0.2, 0.25) is 0 Å². The molecule has 0 radical (unpaired) electrons. The highest BCUT2D eigenvalue weighted by Gasteiger charge is 2.19. The summed E-state index contributed by atoms with van der Waals surface area (Å²) in [6.07, 6.45) is 2.73. The molecule has 1 atom stereocenters. The van der Waals surface area contributed by atoms with Crippen LogP contribution in [0.1, 0.15) is 16.2 Å². The standard InChI is InChI=1S/C21H21N9O2/c22-9-15-10-26-19(13-24-15)28-18-8-17(25-12-16-11-23-6-7-32-16)20(30-29-18)21(31)27-14-4-2-1-3-5-14/h1-5,8,10,13,16,23H,6-7,11-12H2,(H,27,31)(H2,25,26,28,29). The van der Waals surface area contributed by atoms with Gasteiger partial charge in [0.15, 0.2) is 17.2 Å². The van der Waals surface area contributed by atoms with Crippen LogP contribution in [-0.4, -0.2) is 58.4 Å². The predicted molar refractivity (Wildman–Crippen MR) is 118 cm³/mol. The minimum Gasteiger partial charge on any atom is -0.380 e. The Bertz CT molecular complexity index is 1090. The number of ether oxygens (including phenoxy) is 1. The molecular weight excluding hydrogens is 410 g/mol. The average Bonchev–Trinajstić information content (AvgIpc) is 2.84. The summed E-state index contributed by atoms with van der Waals surface area (Å²) in [4.78, 5) is 20.9. The molecule has 4 rings (SSSR count). The number of aromatic nitrogens is 4. The van der Waals surface area contributed by atoms with Crippen molar-refractivity contribution in [2.75, 3.05) is 42.2 Å². The summed E-state index contributed by atoms with van der Waals surface area (Å²) in [5.41, 5.74) is 1.50. The van der Waals surface area contributed by atoms with Gasteiger partial charge in [-0.15, -0.1) is 10.2 Å². The third kappa shape index (κ3) is 5.51. The first-order valence-electron chi connectivity index (χ1n) is 10.0. The highest BCUT2D eigenvalue weighted by molar-refractivity contribution is 6.06. The Balaban J connectivity index is 1.54. The maximum Gasteiger partial charge on any atom is 0.278 e. The monoisotopic (exact) mass is 431 g/mol. The summed E-state index contributed by atoms with van der Waals surface area (Å²) in [5, 5.41) is 29.4. The van der Waals surface area contributed by atoms with Crippen LogP contribution in [0, 0.1) is 11.3 Å². The number of nitrogens with zero attached hydrogens (tertiary/aromatic N) is 5. The zero-order chi connectivity index (χ0) is 22.2. The molecule has 4 N–H and O–H groups in total. The van der Waals surface area contributed by atoms with Crippen molar-refractivity contribution in [3.63, 3.8) is 0 Å². The highest BCUT2D eigenvalue weighted by Crippen LogP contribution is 2.20. The van der Waals surface area contributed by atoms with Gasteiger partial charge in [0.1, 0.15) is 11.9 Å². The number of hydrogen-bond acceptors (Lipinski definition) is 10. The van der Waals surface area contributed by atoms with E-state index in [1.807, 2.05) is 24.3 Å². The molecule has 32 heavy (non-hydrogen) atoms. The van der Waals surface area contributed by atoms with Crippen molar-refractivity contribution in [1.82, 2.24) is 25.5 Å². The van der Waals surface area contributed by atoms with E-state index in [1.165, 1.54) is 12.4 Å². The Hall–Kier alpha value is -4.14. The Morgan fingerprint density at radius 1 is 1.19 bits per heavy atom. The number of nitriles is 1. The number of morpholine rings is 1. The van der Waals surface area contributed by atoms with Crippen LogP contribution in [-0.2, 0) is 4.74 Å². The van der Waals surface area contributed by atoms with Crippen molar-refractivity contribution < 1.29 is 9.53 Å². The van der Waals surface area contributed by atoms with Gasteiger partial charge in [0.2, 0.25) is 0 Å². The maximum absolute atomic E-state index is 12.9. The van der Waals surface area contributed by atoms with E-state index in [1.54, 1.807) is 18.2 Å². The largest absolute Gasteiger partial charge is 0.380 e. The second-order valence-corrected chi connectivity index (χ2v) is 6.91. The summed E-state index contributed by atoms with van der Waals surface area (Å²) in [6.45, 7) is 2.65. The van der Waals surface area contributed by atoms with Gasteiger partial charge in [-0.3, -0.25) is 4.79 Å². The topological polar surface area (TPSA) is 150 Å². The molecule has 1 unspecified atom stereocenters. The first kappa shape index (κ1) is 21.1. The molecule has 11 nitrogen and oxygen atoms in total. The number of amides is 1. The van der Waals surface area contributed by atoms with Crippen LogP contribution in [0.5, 0.6) is 0 Å². The second-order valence-electron chi connectivity index (χ2n) is 6.91. The lowest BCUT2D eigenvalue weighted by Gasteiger charge is -2.24. The van der Waals surface area contributed by atoms with E-state index < -0.39 is 5.91 Å². The number of carbonyl (C=O) groups is 1. The summed E-state index contributed by atoms with van der Waals surface area (Å²) >= 11 is 0. The first-order valence-corrected chi connectivity index (χ1v) is 10.0. The number of carbonyl (C=O) groups excluding carboxylic acids is 1. The van der Waals surface area contributed by atoms with E-state index in [4.69, 9.17) is 10.00 Å². The van der Waals surface area contributed by atoms with Crippen LogP contribution < -0.4 is 21.3 Å². The molecule has 0 saturated carbocycles. The quantitative estimate of drug-likeness (QED) is 0.434. The Labute approximate surface area is 184 Å². The lowest BCUT2D eigenvalue weighted by Crippen LogP contribution is -2.42. The van der Waals surface area contributed by atoms with Gasteiger partial charge in [-0.2, -0.15) is 5.26 Å². The van der Waals surface area contributed by atoms with Gasteiger partial charge in [0.05, 0.1) is 30.8 Å². The molecule has 1 amide bonds. The van der Waals surface area contributed by atoms with E-state index >= 15 is 0 Å². The number of anilines is 4. The zero-order valence-corrected chi connectivity index (χ0v) is 17.1. The summed E-state index contributed by atoms with van der Waals surface area (Å²) < 4.78 is 5.72. The van der Waals surface area contributed by atoms with Gasteiger partial charge in [0, 0.05) is 31.4 Å². The molecular formula is C21H21N9O2. The van der Waals surface area contributed by atoms with Crippen LogP contribution in [0.15, 0.2) is 48.8 Å². The molecule has 0 spiro atoms. The van der Waals surface area contributed by atoms with Crippen LogP contribution >= 0.6 is 0 Å². The van der Waals surface area contributed by atoms with Gasteiger partial charge >= 0.3 is 0 Å². The van der Waals surface area contributed by atoms with E-state index in [2.05, 4.69) is 41.4 Å². The molecule has 3 aromatic rings. The van der Waals surface area contributed by atoms with Crippen molar-refractivity contribution >= 4 is 28.9 Å². The molecule has 0 aliphatic carbocycles. The van der Waals surface area contributed by atoms with Crippen LogP contribution in [0.25, 0.3) is 0 Å². The second kappa shape index (κ2) is 10.3. The summed E-state index contributed by atoms with van der Waals surface area (Å²) in [5.74, 6) is 0.370. The van der Waals surface area contributed by atoms with Crippen molar-refractivity contribution in [3.05, 3.63) is 60.2 Å². The Kier molecular flexibility index (Phi) is 6.76. The summed E-state index contributed by atoms with van der Waals surface area (Å²) in [6, 6.07) is 12.7. The van der Waals surface area contributed by atoms with Crippen molar-refractivity contribution in [3.8, 4) is 6.07 Å². The normalized spacial score (nSPS) is 15.4. The van der Waals surface area contributed by atoms with Gasteiger partial charge in [0.25, 0.3) is 5.91 Å². The lowest BCUT2D eigenvalue weighted by atomic mass is 10.2.